The molecule has 0 atom stereocenters. The van der Waals surface area contributed by atoms with Crippen molar-refractivity contribution in [3.05, 3.63) is 102 Å². The minimum atomic E-state index is -3.64. The molecule has 3 rings (SSSR count). The van der Waals surface area contributed by atoms with Gasteiger partial charge in [-0.2, -0.15) is 0 Å². The summed E-state index contributed by atoms with van der Waals surface area (Å²) in [4.78, 5) is 12.9. The van der Waals surface area contributed by atoms with E-state index in [4.69, 9.17) is 4.74 Å². The number of sulfonamides is 1. The molecule has 168 valence electrons. The predicted molar refractivity (Wildman–Crippen MR) is 125 cm³/mol. The van der Waals surface area contributed by atoms with E-state index in [1.165, 1.54) is 31.4 Å². The lowest BCUT2D eigenvalue weighted by molar-refractivity contribution is 0.0947. The van der Waals surface area contributed by atoms with Gasteiger partial charge >= 0.3 is 0 Å². The highest BCUT2D eigenvalue weighted by molar-refractivity contribution is 7.89. The summed E-state index contributed by atoms with van der Waals surface area (Å²) in [5, 5.41) is 3.02. The van der Waals surface area contributed by atoms with Gasteiger partial charge in [-0.1, -0.05) is 60.7 Å². The molecule has 0 unspecified atom stereocenters. The van der Waals surface area contributed by atoms with Crippen molar-refractivity contribution in [2.45, 2.75) is 17.2 Å². The molecule has 32 heavy (non-hydrogen) atoms. The number of carbonyl (C=O) groups is 1. The van der Waals surface area contributed by atoms with Gasteiger partial charge in [-0.15, -0.1) is 0 Å². The van der Waals surface area contributed by atoms with Gasteiger partial charge in [-0.05, 0) is 42.3 Å². The fraction of sp³-hybridized carbons (Fsp3) is 0.240. The molecule has 3 aromatic rings. The molecule has 0 fully saturated rings. The van der Waals surface area contributed by atoms with E-state index in [2.05, 4.69) is 41.2 Å². The molecule has 1 amide bonds. The van der Waals surface area contributed by atoms with Crippen molar-refractivity contribution in [2.75, 3.05) is 26.8 Å². The highest BCUT2D eigenvalue weighted by Crippen LogP contribution is 2.31. The number of methoxy groups -OCH3 is 1. The minimum Gasteiger partial charge on any atom is -0.383 e. The lowest BCUT2D eigenvalue weighted by atomic mass is 9.76. The van der Waals surface area contributed by atoms with E-state index in [1.807, 2.05) is 36.4 Å². The van der Waals surface area contributed by atoms with Crippen LogP contribution < -0.4 is 10.0 Å². The van der Waals surface area contributed by atoms with Crippen molar-refractivity contribution < 1.29 is 17.9 Å². The second kappa shape index (κ2) is 10.5. The van der Waals surface area contributed by atoms with Crippen molar-refractivity contribution in [1.82, 2.24) is 10.0 Å². The van der Waals surface area contributed by atoms with Gasteiger partial charge in [0, 0.05) is 31.2 Å². The van der Waals surface area contributed by atoms with Crippen LogP contribution in [0.1, 0.15) is 28.4 Å². The second-order valence-electron chi connectivity index (χ2n) is 7.66. The van der Waals surface area contributed by atoms with Crippen LogP contribution in [0.5, 0.6) is 0 Å². The van der Waals surface area contributed by atoms with E-state index in [0.29, 0.717) is 12.1 Å². The summed E-state index contributed by atoms with van der Waals surface area (Å²) in [6.45, 7) is 2.94. The number of hydrogen-bond donors (Lipinski definition) is 2. The van der Waals surface area contributed by atoms with E-state index < -0.39 is 15.4 Å². The third-order valence-corrected chi connectivity index (χ3v) is 6.93. The summed E-state index contributed by atoms with van der Waals surface area (Å²) in [7, 11) is -2.14. The summed E-state index contributed by atoms with van der Waals surface area (Å²) in [5.41, 5.74) is 2.15. The van der Waals surface area contributed by atoms with E-state index in [9.17, 15) is 13.2 Å². The first-order valence-electron chi connectivity index (χ1n) is 10.3. The van der Waals surface area contributed by atoms with Crippen LogP contribution in [0.15, 0.2) is 89.8 Å². The lowest BCUT2D eigenvalue weighted by Crippen LogP contribution is -2.39. The largest absolute Gasteiger partial charge is 0.383 e. The van der Waals surface area contributed by atoms with Crippen molar-refractivity contribution in [3.63, 3.8) is 0 Å². The summed E-state index contributed by atoms with van der Waals surface area (Å²) in [6, 6.07) is 26.0. The molecule has 0 heterocycles. The van der Waals surface area contributed by atoms with E-state index in [-0.39, 0.29) is 24.0 Å². The van der Waals surface area contributed by atoms with Crippen molar-refractivity contribution in [1.29, 1.82) is 0 Å². The van der Waals surface area contributed by atoms with Crippen LogP contribution in [0.2, 0.25) is 0 Å². The molecule has 0 aliphatic carbocycles. The quantitative estimate of drug-likeness (QED) is 0.462. The molecule has 7 heteroatoms. The summed E-state index contributed by atoms with van der Waals surface area (Å²) in [5.74, 6) is -0.264. The zero-order chi connectivity index (χ0) is 23.0. The van der Waals surface area contributed by atoms with E-state index in [1.54, 1.807) is 0 Å². The summed E-state index contributed by atoms with van der Waals surface area (Å²) >= 11 is 0. The lowest BCUT2D eigenvalue weighted by Gasteiger charge is -2.31. The van der Waals surface area contributed by atoms with Gasteiger partial charge in [0.05, 0.1) is 11.5 Å². The van der Waals surface area contributed by atoms with Gasteiger partial charge in [0.25, 0.3) is 5.91 Å². The van der Waals surface area contributed by atoms with Crippen LogP contribution >= 0.6 is 0 Å². The molecule has 0 aliphatic heterocycles. The highest BCUT2D eigenvalue weighted by atomic mass is 32.2. The third kappa shape index (κ3) is 5.62. The first-order valence-corrected chi connectivity index (χ1v) is 11.8. The SMILES string of the molecule is COCCNS(=O)(=O)c1ccc(C(=O)NCC(C)(c2ccccc2)c2ccccc2)cc1. The number of hydrogen-bond acceptors (Lipinski definition) is 4. The van der Waals surface area contributed by atoms with Crippen molar-refractivity contribution >= 4 is 15.9 Å². The second-order valence-corrected chi connectivity index (χ2v) is 9.43. The molecule has 0 saturated carbocycles. The number of benzene rings is 3. The Balaban J connectivity index is 1.74. The first-order chi connectivity index (χ1) is 15.4. The molecule has 0 aromatic heterocycles. The number of nitrogens with one attached hydrogen (secondary N) is 2. The van der Waals surface area contributed by atoms with E-state index >= 15 is 0 Å². The Morgan fingerprint density at radius 2 is 1.41 bits per heavy atom. The van der Waals surface area contributed by atoms with Gasteiger partial charge < -0.3 is 10.1 Å². The monoisotopic (exact) mass is 452 g/mol. The van der Waals surface area contributed by atoms with Gasteiger partial charge in [-0.25, -0.2) is 13.1 Å². The fourth-order valence-electron chi connectivity index (χ4n) is 3.49. The Kier molecular flexibility index (Phi) is 7.80. The van der Waals surface area contributed by atoms with Crippen LogP contribution in [0.25, 0.3) is 0 Å². The summed E-state index contributed by atoms with van der Waals surface area (Å²) in [6.07, 6.45) is 0. The van der Waals surface area contributed by atoms with Crippen LogP contribution in [0.4, 0.5) is 0 Å². The van der Waals surface area contributed by atoms with Gasteiger partial charge in [-0.3, -0.25) is 4.79 Å². The fourth-order valence-corrected chi connectivity index (χ4v) is 4.50. The van der Waals surface area contributed by atoms with Crippen LogP contribution in [0.3, 0.4) is 0 Å². The average Bonchev–Trinajstić information content (AvgIpc) is 2.83. The molecule has 0 bridgehead atoms. The molecule has 0 saturated heterocycles. The molecule has 2 N–H and O–H groups in total. The zero-order valence-corrected chi connectivity index (χ0v) is 19.1. The highest BCUT2D eigenvalue weighted by Gasteiger charge is 2.29. The Morgan fingerprint density at radius 3 is 1.91 bits per heavy atom. The average molecular weight is 453 g/mol. The zero-order valence-electron chi connectivity index (χ0n) is 18.2. The topological polar surface area (TPSA) is 84.5 Å². The van der Waals surface area contributed by atoms with Gasteiger partial charge in [0.1, 0.15) is 0 Å². The number of carbonyl (C=O) groups excluding carboxylic acids is 1. The molecule has 6 nitrogen and oxygen atoms in total. The normalized spacial score (nSPS) is 11.8. The molecular weight excluding hydrogens is 424 g/mol. The standard InChI is InChI=1S/C25H28N2O4S/c1-25(21-9-5-3-6-10-21,22-11-7-4-8-12-22)19-26-24(28)20-13-15-23(16-14-20)32(29,30)27-17-18-31-2/h3-16,27H,17-19H2,1-2H3,(H,26,28). The third-order valence-electron chi connectivity index (χ3n) is 5.45. The maximum absolute atomic E-state index is 12.8. The molecular formula is C25H28N2O4S. The number of ether oxygens (including phenoxy) is 1. The van der Waals surface area contributed by atoms with Gasteiger partial charge in [0.15, 0.2) is 0 Å². The molecule has 3 aromatic carbocycles. The molecule has 0 aliphatic rings. The Bertz CT molecular complexity index is 1080. The smallest absolute Gasteiger partial charge is 0.251 e. The van der Waals surface area contributed by atoms with E-state index in [0.717, 1.165) is 11.1 Å². The number of rotatable bonds is 10. The Labute approximate surface area is 189 Å². The predicted octanol–water partition coefficient (Wildman–Crippen LogP) is 3.35. The first kappa shape index (κ1) is 23.7. The maximum Gasteiger partial charge on any atom is 0.251 e. The number of amides is 1. The van der Waals surface area contributed by atoms with Crippen LogP contribution in [-0.4, -0.2) is 41.1 Å². The Hall–Kier alpha value is -3.00. The van der Waals surface area contributed by atoms with Crippen LogP contribution in [-0.2, 0) is 20.2 Å². The molecule has 0 radical (unpaired) electrons. The maximum atomic E-state index is 12.8. The van der Waals surface area contributed by atoms with Crippen LogP contribution in [0, 0.1) is 0 Å². The van der Waals surface area contributed by atoms with Crippen molar-refractivity contribution in [3.8, 4) is 0 Å². The van der Waals surface area contributed by atoms with Crippen molar-refractivity contribution in [2.24, 2.45) is 0 Å². The minimum absolute atomic E-state index is 0.101. The Morgan fingerprint density at radius 1 is 0.875 bits per heavy atom. The summed E-state index contributed by atoms with van der Waals surface area (Å²) < 4.78 is 31.9. The van der Waals surface area contributed by atoms with Gasteiger partial charge in [0.2, 0.25) is 10.0 Å². The molecule has 0 spiro atoms.